The van der Waals surface area contributed by atoms with Gasteiger partial charge in [0.05, 0.1) is 5.69 Å². The van der Waals surface area contributed by atoms with Gasteiger partial charge in [-0.25, -0.2) is 0 Å². The normalized spacial score (nSPS) is 17.8. The molecule has 0 unspecified atom stereocenters. The Morgan fingerprint density at radius 3 is 2.43 bits per heavy atom. The summed E-state index contributed by atoms with van der Waals surface area (Å²) in [6.45, 7) is 6.84. The third kappa shape index (κ3) is 2.82. The largest absolute Gasteiger partial charge is 0.317 e. The molecular weight excluding hydrogens is 308 g/mol. The highest BCUT2D eigenvalue weighted by atomic mass is 35.5. The molecule has 1 aliphatic heterocycles. The maximum absolute atomic E-state index is 12.2. The molecule has 0 atom stereocenters. The highest BCUT2D eigenvalue weighted by molar-refractivity contribution is 7.80. The van der Waals surface area contributed by atoms with Crippen LogP contribution in [-0.2, 0) is 11.3 Å². The van der Waals surface area contributed by atoms with E-state index >= 15 is 0 Å². The molecule has 5 nitrogen and oxygen atoms in total. The van der Waals surface area contributed by atoms with Crippen molar-refractivity contribution in [1.82, 2.24) is 19.6 Å². The summed E-state index contributed by atoms with van der Waals surface area (Å²) in [6, 6.07) is 0. The van der Waals surface area contributed by atoms with E-state index in [1.165, 1.54) is 4.90 Å². The zero-order chi connectivity index (χ0) is 15.9. The highest BCUT2D eigenvalue weighted by Gasteiger charge is 2.33. The van der Waals surface area contributed by atoms with E-state index in [-0.39, 0.29) is 5.91 Å². The van der Waals surface area contributed by atoms with Crippen molar-refractivity contribution in [1.29, 1.82) is 0 Å². The Bertz CT molecular complexity index is 635. The van der Waals surface area contributed by atoms with Crippen LogP contribution in [0.15, 0.2) is 5.70 Å². The van der Waals surface area contributed by atoms with Crippen molar-refractivity contribution in [3.8, 4) is 0 Å². The molecule has 0 saturated carbocycles. The number of carbonyl (C=O) groups is 1. The molecule has 0 aromatic carbocycles. The van der Waals surface area contributed by atoms with Crippen LogP contribution < -0.4 is 0 Å². The lowest BCUT2D eigenvalue weighted by Crippen LogP contribution is -2.26. The summed E-state index contributed by atoms with van der Waals surface area (Å²) < 4.78 is 1.77. The second-order valence-electron chi connectivity index (χ2n) is 5.60. The van der Waals surface area contributed by atoms with Gasteiger partial charge in [-0.15, -0.1) is 0 Å². The van der Waals surface area contributed by atoms with E-state index in [1.54, 1.807) is 29.8 Å². The Hall–Kier alpha value is -1.40. The van der Waals surface area contributed by atoms with Crippen LogP contribution in [0.5, 0.6) is 0 Å². The molecule has 1 aliphatic rings. The molecule has 0 spiro atoms. The minimum Gasteiger partial charge on any atom is -0.317 e. The SMILES string of the molecule is Cc1nn(CC(C)C)c(Cl)c1/C=C1/C(=O)N(C)C(=S)N1C. The average Bonchev–Trinajstić information content (AvgIpc) is 2.76. The number of thiocarbonyl (C=S) groups is 1. The number of aryl methyl sites for hydroxylation is 1. The third-order valence-electron chi connectivity index (χ3n) is 3.39. The monoisotopic (exact) mass is 326 g/mol. The lowest BCUT2D eigenvalue weighted by atomic mass is 10.2. The summed E-state index contributed by atoms with van der Waals surface area (Å²) in [7, 11) is 3.44. The predicted octanol–water partition coefficient (Wildman–Crippen LogP) is 2.53. The fourth-order valence-corrected chi connectivity index (χ4v) is 2.70. The van der Waals surface area contributed by atoms with Crippen molar-refractivity contribution in [2.75, 3.05) is 14.1 Å². The maximum Gasteiger partial charge on any atom is 0.276 e. The van der Waals surface area contributed by atoms with E-state index in [9.17, 15) is 4.79 Å². The Morgan fingerprint density at radius 1 is 1.33 bits per heavy atom. The Kier molecular flexibility index (Phi) is 4.39. The predicted molar refractivity (Wildman–Crippen MR) is 87.9 cm³/mol. The van der Waals surface area contributed by atoms with Gasteiger partial charge in [0, 0.05) is 26.2 Å². The van der Waals surface area contributed by atoms with Gasteiger partial charge >= 0.3 is 0 Å². The van der Waals surface area contributed by atoms with E-state index in [2.05, 4.69) is 18.9 Å². The molecule has 1 amide bonds. The molecule has 0 N–H and O–H groups in total. The molecule has 21 heavy (non-hydrogen) atoms. The average molecular weight is 327 g/mol. The van der Waals surface area contributed by atoms with Crippen molar-refractivity contribution < 1.29 is 4.79 Å². The van der Waals surface area contributed by atoms with Crippen molar-refractivity contribution in [3.05, 3.63) is 22.1 Å². The Balaban J connectivity index is 2.44. The number of likely N-dealkylation sites (N-methyl/N-ethyl adjacent to an activating group) is 2. The summed E-state index contributed by atoms with van der Waals surface area (Å²) in [4.78, 5) is 15.3. The topological polar surface area (TPSA) is 41.4 Å². The van der Waals surface area contributed by atoms with E-state index in [1.807, 2.05) is 6.92 Å². The van der Waals surface area contributed by atoms with Gasteiger partial charge in [-0.05, 0) is 31.1 Å². The quantitative estimate of drug-likeness (QED) is 0.632. The number of amides is 1. The van der Waals surface area contributed by atoms with Gasteiger partial charge in [-0.2, -0.15) is 5.10 Å². The number of hydrogen-bond donors (Lipinski definition) is 0. The Morgan fingerprint density at radius 2 is 1.95 bits per heavy atom. The summed E-state index contributed by atoms with van der Waals surface area (Å²) in [5.41, 5.74) is 2.08. The van der Waals surface area contributed by atoms with Crippen LogP contribution in [0.4, 0.5) is 0 Å². The van der Waals surface area contributed by atoms with Gasteiger partial charge in [0.25, 0.3) is 5.91 Å². The Labute approximate surface area is 135 Å². The molecule has 2 heterocycles. The molecule has 1 saturated heterocycles. The highest BCUT2D eigenvalue weighted by Crippen LogP contribution is 2.27. The van der Waals surface area contributed by atoms with Gasteiger partial charge < -0.3 is 4.90 Å². The van der Waals surface area contributed by atoms with Gasteiger partial charge in [0.2, 0.25) is 0 Å². The number of rotatable bonds is 3. The van der Waals surface area contributed by atoms with Gasteiger partial charge in [-0.1, -0.05) is 25.4 Å². The minimum atomic E-state index is -0.130. The lowest BCUT2D eigenvalue weighted by Gasteiger charge is -2.11. The van der Waals surface area contributed by atoms with Crippen LogP contribution in [0.1, 0.15) is 25.1 Å². The first-order chi connectivity index (χ1) is 9.73. The van der Waals surface area contributed by atoms with E-state index in [0.29, 0.717) is 21.9 Å². The van der Waals surface area contributed by atoms with Crippen LogP contribution in [0.25, 0.3) is 6.08 Å². The molecular formula is C14H19ClN4OS. The number of halogens is 1. The number of carbonyl (C=O) groups excluding carboxylic acids is 1. The number of hydrogen-bond acceptors (Lipinski definition) is 3. The molecule has 1 aromatic heterocycles. The standard InChI is InChI=1S/C14H19ClN4OS/c1-8(2)7-19-12(15)10(9(3)16-19)6-11-13(20)18(5)14(21)17(11)4/h6,8H,7H2,1-5H3/b11-6-. The summed E-state index contributed by atoms with van der Waals surface area (Å²) in [5, 5.41) is 5.48. The van der Waals surface area contributed by atoms with Crippen LogP contribution in [-0.4, -0.2) is 44.7 Å². The second-order valence-corrected chi connectivity index (χ2v) is 6.32. The first-order valence-corrected chi connectivity index (χ1v) is 7.53. The zero-order valence-corrected chi connectivity index (χ0v) is 14.4. The zero-order valence-electron chi connectivity index (χ0n) is 12.8. The number of aromatic nitrogens is 2. The first kappa shape index (κ1) is 16.0. The molecule has 0 radical (unpaired) electrons. The molecule has 2 rings (SSSR count). The summed E-state index contributed by atoms with van der Waals surface area (Å²) in [6.07, 6.45) is 1.76. The third-order valence-corrected chi connectivity index (χ3v) is 4.33. The summed E-state index contributed by atoms with van der Waals surface area (Å²) >= 11 is 11.6. The van der Waals surface area contributed by atoms with E-state index in [0.717, 1.165) is 17.8 Å². The molecule has 1 fully saturated rings. The van der Waals surface area contributed by atoms with Crippen molar-refractivity contribution >= 4 is 40.9 Å². The second kappa shape index (κ2) is 5.77. The smallest absolute Gasteiger partial charge is 0.276 e. The lowest BCUT2D eigenvalue weighted by molar-refractivity contribution is -0.121. The van der Waals surface area contributed by atoms with Crippen molar-refractivity contribution in [3.63, 3.8) is 0 Å². The van der Waals surface area contributed by atoms with Crippen molar-refractivity contribution in [2.45, 2.75) is 27.3 Å². The maximum atomic E-state index is 12.2. The molecule has 7 heteroatoms. The van der Waals surface area contributed by atoms with Crippen LogP contribution in [0.3, 0.4) is 0 Å². The van der Waals surface area contributed by atoms with Crippen molar-refractivity contribution in [2.24, 2.45) is 5.92 Å². The van der Waals surface area contributed by atoms with Crippen LogP contribution in [0, 0.1) is 12.8 Å². The molecule has 0 bridgehead atoms. The van der Waals surface area contributed by atoms with E-state index in [4.69, 9.17) is 23.8 Å². The molecule has 1 aromatic rings. The number of nitrogens with zero attached hydrogens (tertiary/aromatic N) is 4. The van der Waals surface area contributed by atoms with Gasteiger partial charge in [0.15, 0.2) is 5.11 Å². The first-order valence-electron chi connectivity index (χ1n) is 6.74. The molecule has 114 valence electrons. The minimum absolute atomic E-state index is 0.130. The van der Waals surface area contributed by atoms with Crippen LogP contribution >= 0.6 is 23.8 Å². The van der Waals surface area contributed by atoms with Gasteiger partial charge in [0.1, 0.15) is 10.9 Å². The van der Waals surface area contributed by atoms with Gasteiger partial charge in [-0.3, -0.25) is 14.4 Å². The fraction of sp³-hybridized carbons (Fsp3) is 0.500. The van der Waals surface area contributed by atoms with E-state index < -0.39 is 0 Å². The molecule has 0 aliphatic carbocycles. The van der Waals surface area contributed by atoms with Crippen LogP contribution in [0.2, 0.25) is 5.15 Å². The summed E-state index contributed by atoms with van der Waals surface area (Å²) in [5.74, 6) is 0.311. The fourth-order valence-electron chi connectivity index (χ4n) is 2.22.